The van der Waals surface area contributed by atoms with E-state index >= 15 is 0 Å². The molecule has 5 nitrogen and oxygen atoms in total. The van der Waals surface area contributed by atoms with Crippen molar-refractivity contribution in [3.8, 4) is 0 Å². The van der Waals surface area contributed by atoms with E-state index in [1.54, 1.807) is 17.0 Å². The van der Waals surface area contributed by atoms with Gasteiger partial charge in [0.05, 0.1) is 31.1 Å². The van der Waals surface area contributed by atoms with Gasteiger partial charge in [-0.05, 0) is 30.3 Å². The van der Waals surface area contributed by atoms with Crippen LogP contribution in [-0.4, -0.2) is 32.4 Å². The Morgan fingerprint density at radius 2 is 2.04 bits per heavy atom. The Bertz CT molecular complexity index is 929. The van der Waals surface area contributed by atoms with E-state index in [0.29, 0.717) is 17.2 Å². The smallest absolute Gasteiger partial charge is 0.154 e. The van der Waals surface area contributed by atoms with Crippen molar-refractivity contribution in [1.29, 1.82) is 0 Å². The molecule has 0 amide bonds. The second-order valence-corrected chi connectivity index (χ2v) is 6.04. The summed E-state index contributed by atoms with van der Waals surface area (Å²) < 4.78 is 43.3. The average molecular weight is 348 g/mol. The predicted octanol–water partition coefficient (Wildman–Crippen LogP) is 2.79. The van der Waals surface area contributed by atoms with Crippen molar-refractivity contribution in [2.24, 2.45) is 0 Å². The minimum Gasteiger partial charge on any atom is -0.390 e. The standard InChI is InChI=1S/C17H15F3N4O/c18-10-1-2-14(20)13(5-10)15-6-11(19)8-23(15)17-4-3-16-21-7-12(9-25)24(16)22-17/h1-5,7,11,15,25H,6,8-9H2/t11-,15+/m0/s1. The molecule has 1 aliphatic heterocycles. The number of halogens is 3. The van der Waals surface area contributed by atoms with E-state index in [1.807, 2.05) is 0 Å². The molecule has 1 N–H and O–H groups in total. The van der Waals surface area contributed by atoms with E-state index in [4.69, 9.17) is 0 Å². The Morgan fingerprint density at radius 3 is 2.84 bits per heavy atom. The van der Waals surface area contributed by atoms with Crippen molar-refractivity contribution >= 4 is 11.5 Å². The first kappa shape index (κ1) is 15.9. The number of nitrogens with zero attached hydrogens (tertiary/aromatic N) is 4. The first-order valence-corrected chi connectivity index (χ1v) is 7.87. The monoisotopic (exact) mass is 348 g/mol. The number of rotatable bonds is 3. The van der Waals surface area contributed by atoms with Crippen LogP contribution in [0.4, 0.5) is 19.0 Å². The van der Waals surface area contributed by atoms with Crippen molar-refractivity contribution < 1.29 is 18.3 Å². The SMILES string of the molecule is OCc1cnc2ccc(N3C[C@@H](F)C[C@@H]3c3cc(F)ccc3F)nn12. The highest BCUT2D eigenvalue weighted by atomic mass is 19.1. The van der Waals surface area contributed by atoms with Gasteiger partial charge in [0.15, 0.2) is 5.65 Å². The van der Waals surface area contributed by atoms with Crippen molar-refractivity contribution in [3.05, 3.63) is 59.4 Å². The summed E-state index contributed by atoms with van der Waals surface area (Å²) in [6.45, 7) is -0.215. The molecule has 130 valence electrons. The number of alkyl halides is 1. The van der Waals surface area contributed by atoms with Crippen LogP contribution in [0, 0.1) is 11.6 Å². The van der Waals surface area contributed by atoms with Gasteiger partial charge >= 0.3 is 0 Å². The van der Waals surface area contributed by atoms with E-state index in [9.17, 15) is 18.3 Å². The van der Waals surface area contributed by atoms with E-state index in [-0.39, 0.29) is 25.1 Å². The molecule has 2 aromatic heterocycles. The highest BCUT2D eigenvalue weighted by Gasteiger charge is 2.36. The number of aliphatic hydroxyl groups is 1. The molecule has 1 aliphatic rings. The molecule has 0 spiro atoms. The van der Waals surface area contributed by atoms with Gasteiger partial charge in [0.1, 0.15) is 23.6 Å². The molecule has 1 aromatic carbocycles. The number of anilines is 1. The minimum atomic E-state index is -1.18. The zero-order valence-electron chi connectivity index (χ0n) is 13.1. The Morgan fingerprint density at radius 1 is 1.20 bits per heavy atom. The van der Waals surface area contributed by atoms with Crippen molar-refractivity contribution in [1.82, 2.24) is 14.6 Å². The molecule has 0 unspecified atom stereocenters. The fraction of sp³-hybridized carbons (Fsp3) is 0.294. The van der Waals surface area contributed by atoms with Crippen LogP contribution in [0.1, 0.15) is 23.7 Å². The highest BCUT2D eigenvalue weighted by molar-refractivity contribution is 5.50. The molecule has 8 heteroatoms. The van der Waals surface area contributed by atoms with Crippen LogP contribution in [0.3, 0.4) is 0 Å². The maximum Gasteiger partial charge on any atom is 0.154 e. The lowest BCUT2D eigenvalue weighted by atomic mass is 10.0. The summed E-state index contributed by atoms with van der Waals surface area (Å²) in [5.74, 6) is -0.737. The molecule has 3 aromatic rings. The summed E-state index contributed by atoms with van der Waals surface area (Å²) >= 11 is 0. The fourth-order valence-electron chi connectivity index (χ4n) is 3.27. The summed E-state index contributed by atoms with van der Waals surface area (Å²) in [5.41, 5.74) is 1.13. The first-order valence-electron chi connectivity index (χ1n) is 7.87. The molecule has 0 radical (unpaired) electrons. The largest absolute Gasteiger partial charge is 0.390 e. The van der Waals surface area contributed by atoms with Gasteiger partial charge < -0.3 is 10.0 Å². The van der Waals surface area contributed by atoms with Gasteiger partial charge in [-0.2, -0.15) is 0 Å². The Hall–Kier alpha value is -2.61. The number of aliphatic hydroxyl groups excluding tert-OH is 1. The Balaban J connectivity index is 1.78. The van der Waals surface area contributed by atoms with Gasteiger partial charge in [-0.15, -0.1) is 5.10 Å². The molecule has 0 saturated carbocycles. The second-order valence-electron chi connectivity index (χ2n) is 6.04. The lowest BCUT2D eigenvalue weighted by molar-refractivity contribution is 0.274. The van der Waals surface area contributed by atoms with Gasteiger partial charge in [-0.1, -0.05) is 0 Å². The maximum atomic E-state index is 14.2. The van der Waals surface area contributed by atoms with Crippen LogP contribution in [0.25, 0.3) is 5.65 Å². The van der Waals surface area contributed by atoms with Crippen LogP contribution in [0.5, 0.6) is 0 Å². The summed E-state index contributed by atoms with van der Waals surface area (Å²) in [4.78, 5) is 5.73. The normalized spacial score (nSPS) is 20.6. The number of hydrogen-bond donors (Lipinski definition) is 1. The molecule has 1 fully saturated rings. The average Bonchev–Trinajstić information content (AvgIpc) is 3.19. The number of aromatic nitrogens is 3. The quantitative estimate of drug-likeness (QED) is 0.791. The fourth-order valence-corrected chi connectivity index (χ4v) is 3.27. The predicted molar refractivity (Wildman–Crippen MR) is 84.9 cm³/mol. The molecular formula is C17H15F3N4O. The third kappa shape index (κ3) is 2.72. The van der Waals surface area contributed by atoms with Gasteiger partial charge in [0.25, 0.3) is 0 Å². The van der Waals surface area contributed by atoms with Crippen LogP contribution >= 0.6 is 0 Å². The Kier molecular flexibility index (Phi) is 3.84. The number of hydrogen-bond acceptors (Lipinski definition) is 4. The molecule has 3 heterocycles. The summed E-state index contributed by atoms with van der Waals surface area (Å²) in [6, 6.07) is 5.87. The maximum absolute atomic E-state index is 14.2. The van der Waals surface area contributed by atoms with Crippen molar-refractivity contribution in [3.63, 3.8) is 0 Å². The van der Waals surface area contributed by atoms with Gasteiger partial charge in [0, 0.05) is 12.0 Å². The molecule has 0 aliphatic carbocycles. The molecule has 1 saturated heterocycles. The van der Waals surface area contributed by atoms with E-state index < -0.39 is 23.8 Å². The van der Waals surface area contributed by atoms with E-state index in [2.05, 4.69) is 10.1 Å². The number of fused-ring (bicyclic) bond motifs is 1. The Labute approximate surface area is 141 Å². The third-order valence-corrected chi connectivity index (χ3v) is 4.44. The van der Waals surface area contributed by atoms with Crippen LogP contribution in [0.15, 0.2) is 36.5 Å². The lowest BCUT2D eigenvalue weighted by Gasteiger charge is -2.26. The number of benzene rings is 1. The zero-order valence-corrected chi connectivity index (χ0v) is 13.1. The van der Waals surface area contributed by atoms with E-state index in [1.165, 1.54) is 10.7 Å². The molecule has 0 bridgehead atoms. The molecular weight excluding hydrogens is 333 g/mol. The third-order valence-electron chi connectivity index (χ3n) is 4.44. The summed E-state index contributed by atoms with van der Waals surface area (Å²) in [5, 5.41) is 13.7. The van der Waals surface area contributed by atoms with Crippen molar-refractivity contribution in [2.45, 2.75) is 25.2 Å². The van der Waals surface area contributed by atoms with Crippen LogP contribution in [0.2, 0.25) is 0 Å². The second kappa shape index (κ2) is 6.03. The van der Waals surface area contributed by atoms with Gasteiger partial charge in [-0.3, -0.25) is 0 Å². The zero-order chi connectivity index (χ0) is 17.6. The van der Waals surface area contributed by atoms with Crippen LogP contribution in [-0.2, 0) is 6.61 Å². The highest BCUT2D eigenvalue weighted by Crippen LogP contribution is 2.37. The lowest BCUT2D eigenvalue weighted by Crippen LogP contribution is -2.26. The topological polar surface area (TPSA) is 53.7 Å². The first-order chi connectivity index (χ1) is 12.1. The summed E-state index contributed by atoms with van der Waals surface area (Å²) in [7, 11) is 0. The van der Waals surface area contributed by atoms with E-state index in [0.717, 1.165) is 18.2 Å². The van der Waals surface area contributed by atoms with Crippen LogP contribution < -0.4 is 4.90 Å². The molecule has 25 heavy (non-hydrogen) atoms. The molecule has 2 atom stereocenters. The van der Waals surface area contributed by atoms with Gasteiger partial charge in [-0.25, -0.2) is 22.7 Å². The van der Waals surface area contributed by atoms with Crippen molar-refractivity contribution in [2.75, 3.05) is 11.4 Å². The molecule has 4 rings (SSSR count). The number of imidazole rings is 1. The minimum absolute atomic E-state index is 0.0300. The van der Waals surface area contributed by atoms with Gasteiger partial charge in [0.2, 0.25) is 0 Å². The summed E-state index contributed by atoms with van der Waals surface area (Å²) in [6.07, 6.45) is 0.375.